The van der Waals surface area contributed by atoms with Gasteiger partial charge in [-0.1, -0.05) is 42.5 Å². The van der Waals surface area contributed by atoms with Crippen LogP contribution in [0.4, 0.5) is 5.69 Å². The summed E-state index contributed by atoms with van der Waals surface area (Å²) in [7, 11) is 2.00. The summed E-state index contributed by atoms with van der Waals surface area (Å²) < 4.78 is 6.19. The number of rotatable bonds is 7. The third-order valence-electron chi connectivity index (χ3n) is 5.35. The summed E-state index contributed by atoms with van der Waals surface area (Å²) in [5.74, 6) is 1.47. The third kappa shape index (κ3) is 4.89. The monoisotopic (exact) mass is 402 g/mol. The van der Waals surface area contributed by atoms with E-state index in [-0.39, 0.29) is 0 Å². The van der Waals surface area contributed by atoms with Crippen LogP contribution in [0.3, 0.4) is 0 Å². The molecular formula is C26H30N2O2. The first-order chi connectivity index (χ1) is 14.3. The van der Waals surface area contributed by atoms with Crippen molar-refractivity contribution in [2.24, 2.45) is 4.99 Å². The molecule has 0 aromatic heterocycles. The Labute approximate surface area is 179 Å². The standard InChI is InChI=1S/C26H30N2O2/c1-6-28(5)18-27-24-15-20(3)25(16-19(24)2)30-23-14-10-13-22(17-23)26(4,29)21-11-8-7-9-12-21/h7-18,29H,6H2,1-5H3. The highest BCUT2D eigenvalue weighted by atomic mass is 16.5. The Morgan fingerprint density at radius 3 is 2.37 bits per heavy atom. The van der Waals surface area contributed by atoms with E-state index in [1.165, 1.54) is 0 Å². The van der Waals surface area contributed by atoms with Crippen LogP contribution in [0.2, 0.25) is 0 Å². The van der Waals surface area contributed by atoms with Crippen molar-refractivity contribution in [3.05, 3.63) is 89.0 Å². The average Bonchev–Trinajstić information content (AvgIpc) is 2.75. The maximum absolute atomic E-state index is 11.1. The van der Waals surface area contributed by atoms with Gasteiger partial charge in [0.05, 0.1) is 12.0 Å². The third-order valence-corrected chi connectivity index (χ3v) is 5.35. The van der Waals surface area contributed by atoms with Gasteiger partial charge in [-0.3, -0.25) is 0 Å². The van der Waals surface area contributed by atoms with E-state index in [9.17, 15) is 5.11 Å². The summed E-state index contributed by atoms with van der Waals surface area (Å²) >= 11 is 0. The molecule has 1 N–H and O–H groups in total. The van der Waals surface area contributed by atoms with Gasteiger partial charge in [-0.25, -0.2) is 4.99 Å². The van der Waals surface area contributed by atoms with Crippen molar-refractivity contribution in [2.75, 3.05) is 13.6 Å². The molecule has 0 aliphatic carbocycles. The van der Waals surface area contributed by atoms with Crippen LogP contribution in [0.5, 0.6) is 11.5 Å². The molecule has 0 spiro atoms. The van der Waals surface area contributed by atoms with Gasteiger partial charge in [-0.05, 0) is 74.2 Å². The number of ether oxygens (including phenoxy) is 1. The highest BCUT2D eigenvalue weighted by Gasteiger charge is 2.25. The molecule has 0 bridgehead atoms. The minimum Gasteiger partial charge on any atom is -0.457 e. The summed E-state index contributed by atoms with van der Waals surface area (Å²) in [6.07, 6.45) is 1.84. The lowest BCUT2D eigenvalue weighted by molar-refractivity contribution is 0.102. The minimum atomic E-state index is -1.10. The molecule has 0 fully saturated rings. The average molecular weight is 403 g/mol. The molecule has 1 unspecified atom stereocenters. The second-order valence-electron chi connectivity index (χ2n) is 7.79. The number of hydrogen-bond donors (Lipinski definition) is 1. The minimum absolute atomic E-state index is 0.688. The SMILES string of the molecule is CCN(C)C=Nc1cc(C)c(Oc2cccc(C(C)(O)c3ccccc3)c2)cc1C. The molecule has 0 heterocycles. The van der Waals surface area contributed by atoms with Gasteiger partial charge in [0.15, 0.2) is 0 Å². The normalized spacial score (nSPS) is 13.3. The zero-order chi connectivity index (χ0) is 21.7. The molecular weight excluding hydrogens is 372 g/mol. The Morgan fingerprint density at radius 2 is 1.67 bits per heavy atom. The Kier molecular flexibility index (Phi) is 6.58. The van der Waals surface area contributed by atoms with Crippen LogP contribution in [0.15, 0.2) is 71.7 Å². The summed E-state index contributed by atoms with van der Waals surface area (Å²) in [6, 6.07) is 21.3. The Morgan fingerprint density at radius 1 is 0.967 bits per heavy atom. The molecule has 0 amide bonds. The molecule has 0 saturated carbocycles. The molecule has 0 radical (unpaired) electrons. The molecule has 3 rings (SSSR count). The summed E-state index contributed by atoms with van der Waals surface area (Å²) in [5.41, 5.74) is 3.50. The van der Waals surface area contributed by atoms with Gasteiger partial charge in [0.25, 0.3) is 0 Å². The van der Waals surface area contributed by atoms with E-state index in [4.69, 9.17) is 4.74 Å². The zero-order valence-electron chi connectivity index (χ0n) is 18.4. The van der Waals surface area contributed by atoms with Crippen LogP contribution < -0.4 is 4.74 Å². The van der Waals surface area contributed by atoms with Crippen molar-refractivity contribution < 1.29 is 9.84 Å². The first-order valence-electron chi connectivity index (χ1n) is 10.2. The molecule has 30 heavy (non-hydrogen) atoms. The van der Waals surface area contributed by atoms with E-state index >= 15 is 0 Å². The molecule has 1 atom stereocenters. The van der Waals surface area contributed by atoms with Gasteiger partial charge in [0.2, 0.25) is 0 Å². The summed E-state index contributed by atoms with van der Waals surface area (Å²) in [6.45, 7) is 8.84. The van der Waals surface area contributed by atoms with E-state index in [1.807, 2.05) is 98.9 Å². The second-order valence-corrected chi connectivity index (χ2v) is 7.79. The molecule has 0 aliphatic heterocycles. The second kappa shape index (κ2) is 9.14. The maximum Gasteiger partial charge on any atom is 0.130 e. The lowest BCUT2D eigenvalue weighted by atomic mass is 9.88. The summed E-state index contributed by atoms with van der Waals surface area (Å²) in [4.78, 5) is 6.61. The van der Waals surface area contributed by atoms with Crippen molar-refractivity contribution in [3.63, 3.8) is 0 Å². The van der Waals surface area contributed by atoms with E-state index in [0.29, 0.717) is 5.75 Å². The highest BCUT2D eigenvalue weighted by molar-refractivity contribution is 5.64. The fourth-order valence-corrected chi connectivity index (χ4v) is 3.18. The van der Waals surface area contributed by atoms with E-state index in [0.717, 1.165) is 40.2 Å². The molecule has 4 heteroatoms. The lowest BCUT2D eigenvalue weighted by Crippen LogP contribution is -2.22. The van der Waals surface area contributed by atoms with Crippen LogP contribution in [-0.4, -0.2) is 29.9 Å². The zero-order valence-corrected chi connectivity index (χ0v) is 18.4. The van der Waals surface area contributed by atoms with Gasteiger partial charge in [0.1, 0.15) is 17.1 Å². The predicted octanol–water partition coefficient (Wildman–Crippen LogP) is 5.96. The summed E-state index contributed by atoms with van der Waals surface area (Å²) in [5, 5.41) is 11.1. The van der Waals surface area contributed by atoms with Gasteiger partial charge < -0.3 is 14.7 Å². The molecule has 0 aliphatic rings. The van der Waals surface area contributed by atoms with Gasteiger partial charge in [0, 0.05) is 13.6 Å². The predicted molar refractivity (Wildman–Crippen MR) is 124 cm³/mol. The number of aliphatic hydroxyl groups is 1. The first-order valence-corrected chi connectivity index (χ1v) is 10.2. The van der Waals surface area contributed by atoms with Gasteiger partial charge >= 0.3 is 0 Å². The smallest absolute Gasteiger partial charge is 0.130 e. The quantitative estimate of drug-likeness (QED) is 0.391. The Hall–Kier alpha value is -3.11. The Bertz CT molecular complexity index is 1030. The van der Waals surface area contributed by atoms with E-state index in [1.54, 1.807) is 6.92 Å². The topological polar surface area (TPSA) is 45.1 Å². The van der Waals surface area contributed by atoms with Gasteiger partial charge in [-0.15, -0.1) is 0 Å². The van der Waals surface area contributed by atoms with E-state index < -0.39 is 5.60 Å². The van der Waals surface area contributed by atoms with Crippen molar-refractivity contribution in [1.82, 2.24) is 4.90 Å². The van der Waals surface area contributed by atoms with Crippen LogP contribution >= 0.6 is 0 Å². The Balaban J connectivity index is 1.86. The first kappa shape index (κ1) is 21.6. The van der Waals surface area contributed by atoms with Crippen LogP contribution in [-0.2, 0) is 5.60 Å². The van der Waals surface area contributed by atoms with Gasteiger partial charge in [-0.2, -0.15) is 0 Å². The number of aryl methyl sites for hydroxylation is 2. The molecule has 3 aromatic rings. The largest absolute Gasteiger partial charge is 0.457 e. The fourth-order valence-electron chi connectivity index (χ4n) is 3.18. The number of hydrogen-bond acceptors (Lipinski definition) is 3. The highest BCUT2D eigenvalue weighted by Crippen LogP contribution is 2.35. The number of aliphatic imine (C=N–C) groups is 1. The number of benzene rings is 3. The molecule has 156 valence electrons. The van der Waals surface area contributed by atoms with Crippen LogP contribution in [0.25, 0.3) is 0 Å². The maximum atomic E-state index is 11.1. The van der Waals surface area contributed by atoms with Crippen molar-refractivity contribution in [1.29, 1.82) is 0 Å². The molecule has 4 nitrogen and oxygen atoms in total. The van der Waals surface area contributed by atoms with Crippen molar-refractivity contribution in [3.8, 4) is 11.5 Å². The fraction of sp³-hybridized carbons (Fsp3) is 0.269. The lowest BCUT2D eigenvalue weighted by Gasteiger charge is -2.25. The molecule has 0 saturated heterocycles. The van der Waals surface area contributed by atoms with Crippen LogP contribution in [0, 0.1) is 13.8 Å². The van der Waals surface area contributed by atoms with E-state index in [2.05, 4.69) is 11.9 Å². The number of nitrogens with zero attached hydrogens (tertiary/aromatic N) is 2. The molecule has 3 aromatic carbocycles. The van der Waals surface area contributed by atoms with Crippen LogP contribution in [0.1, 0.15) is 36.1 Å². The van der Waals surface area contributed by atoms with Crippen molar-refractivity contribution in [2.45, 2.75) is 33.3 Å². The van der Waals surface area contributed by atoms with Crippen molar-refractivity contribution >= 4 is 12.0 Å².